The third-order valence-corrected chi connectivity index (χ3v) is 5.37. The molecule has 0 saturated carbocycles. The van der Waals surface area contributed by atoms with Crippen LogP contribution in [0.2, 0.25) is 0 Å². The molecule has 2 aliphatic heterocycles. The van der Waals surface area contributed by atoms with Gasteiger partial charge in [-0.3, -0.25) is 9.69 Å². The lowest BCUT2D eigenvalue weighted by molar-refractivity contribution is -0.122. The van der Waals surface area contributed by atoms with E-state index in [9.17, 15) is 4.79 Å². The number of likely N-dealkylation sites (tertiary alicyclic amines) is 1. The van der Waals surface area contributed by atoms with Crippen molar-refractivity contribution in [1.29, 1.82) is 0 Å². The number of nitrogens with zero attached hydrogens (tertiary/aromatic N) is 2. The second kappa shape index (κ2) is 7.64. The number of carbonyl (C=O) groups is 1. The van der Waals surface area contributed by atoms with Crippen LogP contribution in [0.3, 0.4) is 0 Å². The Morgan fingerprint density at radius 2 is 2.12 bits per heavy atom. The first-order valence-corrected chi connectivity index (χ1v) is 8.86. The smallest absolute Gasteiger partial charge is 0.234 e. The monoisotopic (exact) mass is 331 g/mol. The molecule has 1 N–H and O–H groups in total. The summed E-state index contributed by atoms with van der Waals surface area (Å²) in [6.07, 6.45) is 2.30. The van der Waals surface area contributed by atoms with E-state index in [4.69, 9.17) is 4.74 Å². The van der Waals surface area contributed by atoms with Gasteiger partial charge >= 0.3 is 0 Å². The molecular weight excluding hydrogens is 302 g/mol. The van der Waals surface area contributed by atoms with Gasteiger partial charge in [0.1, 0.15) is 0 Å². The van der Waals surface area contributed by atoms with Crippen molar-refractivity contribution in [2.75, 3.05) is 53.5 Å². The molecule has 1 aromatic carbocycles. The average Bonchev–Trinajstić information content (AvgIpc) is 3.18. The molecule has 0 bridgehead atoms. The lowest BCUT2D eigenvalue weighted by Crippen LogP contribution is -2.40. The number of hydrogen-bond donors (Lipinski definition) is 1. The minimum absolute atomic E-state index is 0.119. The Balaban J connectivity index is 1.48. The van der Waals surface area contributed by atoms with E-state index in [0.717, 1.165) is 39.1 Å². The molecule has 2 heterocycles. The van der Waals surface area contributed by atoms with Gasteiger partial charge in [-0.05, 0) is 39.0 Å². The third-order valence-electron chi connectivity index (χ3n) is 5.37. The molecule has 0 aliphatic carbocycles. The quantitative estimate of drug-likeness (QED) is 0.858. The predicted molar refractivity (Wildman–Crippen MR) is 94.8 cm³/mol. The van der Waals surface area contributed by atoms with Crippen molar-refractivity contribution in [2.24, 2.45) is 5.41 Å². The lowest BCUT2D eigenvalue weighted by Gasteiger charge is -2.26. The Bertz CT molecular complexity index is 541. The van der Waals surface area contributed by atoms with Gasteiger partial charge in [-0.2, -0.15) is 0 Å². The molecule has 1 amide bonds. The van der Waals surface area contributed by atoms with Crippen LogP contribution in [0.4, 0.5) is 0 Å². The highest BCUT2D eigenvalue weighted by atomic mass is 16.5. The number of amides is 1. The molecule has 0 unspecified atom stereocenters. The normalized spacial score (nSPS) is 25.5. The topological polar surface area (TPSA) is 44.8 Å². The summed E-state index contributed by atoms with van der Waals surface area (Å²) in [6.45, 7) is 4.88. The van der Waals surface area contributed by atoms with Gasteiger partial charge in [0, 0.05) is 25.1 Å². The van der Waals surface area contributed by atoms with Gasteiger partial charge in [-0.15, -0.1) is 0 Å². The van der Waals surface area contributed by atoms with Gasteiger partial charge in [0.2, 0.25) is 5.91 Å². The van der Waals surface area contributed by atoms with Crippen LogP contribution in [-0.4, -0.2) is 69.2 Å². The molecule has 2 aliphatic rings. The molecule has 24 heavy (non-hydrogen) atoms. The standard InChI is InChI=1S/C19H29N3O2/c1-21(2)17(16-6-4-3-5-7-16)12-20-18(23)13-22-10-8-19(14-22)9-11-24-15-19/h3-7,17H,8-15H2,1-2H3,(H,20,23)/t17-,19+/m0/s1. The summed E-state index contributed by atoms with van der Waals surface area (Å²) >= 11 is 0. The molecule has 0 aromatic heterocycles. The van der Waals surface area contributed by atoms with E-state index in [-0.39, 0.29) is 11.9 Å². The summed E-state index contributed by atoms with van der Waals surface area (Å²) in [4.78, 5) is 16.8. The van der Waals surface area contributed by atoms with Crippen LogP contribution >= 0.6 is 0 Å². The molecule has 2 saturated heterocycles. The summed E-state index contributed by atoms with van der Waals surface area (Å²) in [5.41, 5.74) is 1.54. The van der Waals surface area contributed by atoms with Gasteiger partial charge in [-0.25, -0.2) is 0 Å². The Hall–Kier alpha value is -1.43. The van der Waals surface area contributed by atoms with Crippen molar-refractivity contribution < 1.29 is 9.53 Å². The molecule has 2 atom stereocenters. The maximum absolute atomic E-state index is 12.4. The van der Waals surface area contributed by atoms with Gasteiger partial charge in [0.25, 0.3) is 0 Å². The van der Waals surface area contributed by atoms with Crippen LogP contribution in [0.15, 0.2) is 30.3 Å². The second-order valence-corrected chi connectivity index (χ2v) is 7.46. The summed E-state index contributed by atoms with van der Waals surface area (Å²) < 4.78 is 5.56. The summed E-state index contributed by atoms with van der Waals surface area (Å²) in [7, 11) is 4.10. The number of likely N-dealkylation sites (N-methyl/N-ethyl adjacent to an activating group) is 1. The van der Waals surface area contributed by atoms with Crippen molar-refractivity contribution in [3.05, 3.63) is 35.9 Å². The summed E-state index contributed by atoms with van der Waals surface area (Å²) in [6, 6.07) is 10.5. The maximum atomic E-state index is 12.4. The molecule has 132 valence electrons. The van der Waals surface area contributed by atoms with Crippen LogP contribution in [0.1, 0.15) is 24.4 Å². The van der Waals surface area contributed by atoms with E-state index in [0.29, 0.717) is 18.5 Å². The van der Waals surface area contributed by atoms with Crippen molar-refractivity contribution in [3.8, 4) is 0 Å². The van der Waals surface area contributed by atoms with E-state index in [2.05, 4.69) is 27.2 Å². The number of rotatable bonds is 6. The van der Waals surface area contributed by atoms with Crippen molar-refractivity contribution in [2.45, 2.75) is 18.9 Å². The fourth-order valence-electron chi connectivity index (χ4n) is 3.88. The van der Waals surface area contributed by atoms with Crippen LogP contribution < -0.4 is 5.32 Å². The van der Waals surface area contributed by atoms with Gasteiger partial charge < -0.3 is 15.0 Å². The molecule has 2 fully saturated rings. The molecule has 5 nitrogen and oxygen atoms in total. The predicted octanol–water partition coefficient (Wildman–Crippen LogP) is 1.52. The maximum Gasteiger partial charge on any atom is 0.234 e. The van der Waals surface area contributed by atoms with Gasteiger partial charge in [0.15, 0.2) is 0 Å². The van der Waals surface area contributed by atoms with Crippen molar-refractivity contribution in [1.82, 2.24) is 15.1 Å². The van der Waals surface area contributed by atoms with Crippen LogP contribution in [0.5, 0.6) is 0 Å². The lowest BCUT2D eigenvalue weighted by atomic mass is 9.87. The SMILES string of the molecule is CN(C)[C@@H](CNC(=O)CN1CC[C@@]2(CCOC2)C1)c1ccccc1. The minimum Gasteiger partial charge on any atom is -0.381 e. The highest BCUT2D eigenvalue weighted by Crippen LogP contribution is 2.37. The van der Waals surface area contributed by atoms with Crippen LogP contribution in [0.25, 0.3) is 0 Å². The van der Waals surface area contributed by atoms with Crippen molar-refractivity contribution in [3.63, 3.8) is 0 Å². The van der Waals surface area contributed by atoms with E-state index in [1.165, 1.54) is 5.56 Å². The number of hydrogen-bond acceptors (Lipinski definition) is 4. The molecule has 1 spiro atoms. The first-order valence-electron chi connectivity index (χ1n) is 8.86. The number of nitrogens with one attached hydrogen (secondary N) is 1. The highest BCUT2D eigenvalue weighted by Gasteiger charge is 2.41. The van der Waals surface area contributed by atoms with Crippen LogP contribution in [0, 0.1) is 5.41 Å². The molecular formula is C19H29N3O2. The van der Waals surface area contributed by atoms with E-state index < -0.39 is 0 Å². The Labute approximate surface area is 145 Å². The number of benzene rings is 1. The largest absolute Gasteiger partial charge is 0.381 e. The summed E-state index contributed by atoms with van der Waals surface area (Å²) in [5, 5.41) is 3.11. The van der Waals surface area contributed by atoms with Gasteiger partial charge in [0.05, 0.1) is 19.2 Å². The number of carbonyl (C=O) groups excluding carboxylic acids is 1. The van der Waals surface area contributed by atoms with Crippen molar-refractivity contribution >= 4 is 5.91 Å². The fraction of sp³-hybridized carbons (Fsp3) is 0.632. The Morgan fingerprint density at radius 1 is 1.33 bits per heavy atom. The summed E-state index contributed by atoms with van der Waals surface area (Å²) in [5.74, 6) is 0.119. The average molecular weight is 331 g/mol. The number of ether oxygens (including phenoxy) is 1. The Kier molecular flexibility index (Phi) is 5.54. The van der Waals surface area contributed by atoms with E-state index in [1.807, 2.05) is 32.3 Å². The molecule has 5 heteroatoms. The van der Waals surface area contributed by atoms with E-state index in [1.54, 1.807) is 0 Å². The Morgan fingerprint density at radius 3 is 2.79 bits per heavy atom. The zero-order chi connectivity index (χ0) is 17.0. The molecule has 0 radical (unpaired) electrons. The van der Waals surface area contributed by atoms with Gasteiger partial charge in [-0.1, -0.05) is 30.3 Å². The highest BCUT2D eigenvalue weighted by molar-refractivity contribution is 5.78. The zero-order valence-electron chi connectivity index (χ0n) is 14.8. The first-order chi connectivity index (χ1) is 11.6. The first kappa shape index (κ1) is 17.4. The second-order valence-electron chi connectivity index (χ2n) is 7.46. The minimum atomic E-state index is 0.119. The zero-order valence-corrected chi connectivity index (χ0v) is 14.8. The fourth-order valence-corrected chi connectivity index (χ4v) is 3.88. The third kappa shape index (κ3) is 4.15. The molecule has 3 rings (SSSR count). The molecule has 1 aromatic rings. The van der Waals surface area contributed by atoms with E-state index >= 15 is 0 Å². The van der Waals surface area contributed by atoms with Crippen LogP contribution in [-0.2, 0) is 9.53 Å².